The van der Waals surface area contributed by atoms with Gasteiger partial charge >= 0.3 is 5.97 Å². The topological polar surface area (TPSA) is 63.0 Å². The van der Waals surface area contributed by atoms with E-state index in [1.165, 1.54) is 6.20 Å². The van der Waals surface area contributed by atoms with Gasteiger partial charge in [-0.1, -0.05) is 17.7 Å². The second-order valence-electron chi connectivity index (χ2n) is 4.91. The molecule has 1 aliphatic rings. The molecule has 1 aromatic heterocycles. The number of carbonyl (C=O) groups is 1. The Kier molecular flexibility index (Phi) is 3.59. The summed E-state index contributed by atoms with van der Waals surface area (Å²) in [5.41, 5.74) is 2.02. The van der Waals surface area contributed by atoms with Crippen LogP contribution < -0.4 is 4.74 Å². The van der Waals surface area contributed by atoms with Gasteiger partial charge in [0.2, 0.25) is 0 Å². The highest BCUT2D eigenvalue weighted by atomic mass is 35.5. The molecule has 0 unspecified atom stereocenters. The van der Waals surface area contributed by atoms with E-state index in [1.54, 1.807) is 30.5 Å². The van der Waals surface area contributed by atoms with Crippen molar-refractivity contribution in [3.05, 3.63) is 47.2 Å². The van der Waals surface area contributed by atoms with Crippen molar-refractivity contribution in [2.45, 2.75) is 12.8 Å². The van der Waals surface area contributed by atoms with Crippen LogP contribution in [0.3, 0.4) is 0 Å². The smallest absolute Gasteiger partial charge is 0.314 e. The summed E-state index contributed by atoms with van der Waals surface area (Å²) in [5.74, 6) is 0.259. The number of halogens is 1. The first-order valence-corrected chi connectivity index (χ1v) is 6.92. The third-order valence-corrected chi connectivity index (χ3v) is 3.58. The summed E-state index contributed by atoms with van der Waals surface area (Å²) in [6.45, 7) is 0. The van der Waals surface area contributed by atoms with Crippen LogP contribution >= 0.6 is 11.6 Å². The number of nitriles is 1. The van der Waals surface area contributed by atoms with Crippen molar-refractivity contribution in [1.82, 2.24) is 4.98 Å². The molecule has 1 aromatic carbocycles. The number of pyridine rings is 1. The molecule has 0 saturated heterocycles. The van der Waals surface area contributed by atoms with Crippen LogP contribution in [0.1, 0.15) is 18.4 Å². The van der Waals surface area contributed by atoms with Gasteiger partial charge in [0.05, 0.1) is 22.7 Å². The molecule has 0 spiro atoms. The Morgan fingerprint density at radius 2 is 2.10 bits per heavy atom. The number of hydrogen-bond acceptors (Lipinski definition) is 4. The number of hydrogen-bond donors (Lipinski definition) is 0. The van der Waals surface area contributed by atoms with E-state index in [0.29, 0.717) is 16.3 Å². The van der Waals surface area contributed by atoms with Crippen molar-refractivity contribution in [3.63, 3.8) is 0 Å². The molecule has 0 radical (unpaired) electrons. The van der Waals surface area contributed by atoms with E-state index in [2.05, 4.69) is 4.98 Å². The van der Waals surface area contributed by atoms with E-state index in [4.69, 9.17) is 21.6 Å². The molecule has 1 fully saturated rings. The first-order chi connectivity index (χ1) is 10.2. The summed E-state index contributed by atoms with van der Waals surface area (Å²) in [6.07, 6.45) is 4.97. The van der Waals surface area contributed by atoms with E-state index >= 15 is 0 Å². The zero-order valence-electron chi connectivity index (χ0n) is 11.0. The fourth-order valence-corrected chi connectivity index (χ4v) is 2.16. The first kappa shape index (κ1) is 13.6. The number of carbonyl (C=O) groups excluding carboxylic acids is 1. The molecule has 3 rings (SSSR count). The third-order valence-electron chi connectivity index (χ3n) is 3.27. The van der Waals surface area contributed by atoms with Crippen molar-refractivity contribution in [3.8, 4) is 22.9 Å². The Morgan fingerprint density at radius 1 is 1.29 bits per heavy atom. The van der Waals surface area contributed by atoms with Gasteiger partial charge in [-0.2, -0.15) is 5.26 Å². The minimum atomic E-state index is -0.202. The highest BCUT2D eigenvalue weighted by Gasteiger charge is 2.31. The van der Waals surface area contributed by atoms with E-state index in [-0.39, 0.29) is 11.9 Å². The maximum Gasteiger partial charge on any atom is 0.314 e. The summed E-state index contributed by atoms with van der Waals surface area (Å²) < 4.78 is 5.29. The third kappa shape index (κ3) is 3.04. The summed E-state index contributed by atoms with van der Waals surface area (Å²) in [5, 5.41) is 9.26. The second kappa shape index (κ2) is 5.55. The van der Waals surface area contributed by atoms with Gasteiger partial charge in [0, 0.05) is 11.8 Å². The van der Waals surface area contributed by atoms with E-state index in [9.17, 15) is 4.79 Å². The van der Waals surface area contributed by atoms with Crippen LogP contribution in [0.15, 0.2) is 36.7 Å². The Bertz CT molecular complexity index is 748. The van der Waals surface area contributed by atoms with Crippen molar-refractivity contribution in [2.75, 3.05) is 0 Å². The molecular weight excluding hydrogens is 288 g/mol. The number of benzene rings is 1. The quantitative estimate of drug-likeness (QED) is 0.812. The van der Waals surface area contributed by atoms with Gasteiger partial charge in [-0.15, -0.1) is 0 Å². The van der Waals surface area contributed by atoms with Crippen LogP contribution in [0.5, 0.6) is 5.75 Å². The SMILES string of the molecule is N#Cc1ccc(-c2cncc(OC(=O)C3CC3)c2)cc1Cl. The number of ether oxygens (including phenoxy) is 1. The molecule has 0 N–H and O–H groups in total. The second-order valence-corrected chi connectivity index (χ2v) is 5.32. The van der Waals surface area contributed by atoms with Crippen LogP contribution in [-0.4, -0.2) is 11.0 Å². The molecule has 0 amide bonds. The van der Waals surface area contributed by atoms with Gasteiger partial charge in [-0.05, 0) is 36.6 Å². The molecule has 0 atom stereocenters. The van der Waals surface area contributed by atoms with Crippen LogP contribution in [0.25, 0.3) is 11.1 Å². The zero-order valence-corrected chi connectivity index (χ0v) is 11.8. The number of nitrogens with zero attached hydrogens (tertiary/aromatic N) is 2. The minimum absolute atomic E-state index is 0.0398. The number of aromatic nitrogens is 1. The average Bonchev–Trinajstić information content (AvgIpc) is 3.32. The van der Waals surface area contributed by atoms with Crippen molar-refractivity contribution < 1.29 is 9.53 Å². The Morgan fingerprint density at radius 3 is 2.76 bits per heavy atom. The Hall–Kier alpha value is -2.38. The molecule has 1 aliphatic carbocycles. The molecule has 1 saturated carbocycles. The predicted molar refractivity (Wildman–Crippen MR) is 77.8 cm³/mol. The monoisotopic (exact) mass is 298 g/mol. The molecular formula is C16H11ClN2O2. The first-order valence-electron chi connectivity index (χ1n) is 6.54. The summed E-state index contributed by atoms with van der Waals surface area (Å²) >= 11 is 6.03. The lowest BCUT2D eigenvalue weighted by Gasteiger charge is -2.06. The number of rotatable bonds is 3. The Balaban J connectivity index is 1.86. The van der Waals surface area contributed by atoms with Crippen molar-refractivity contribution >= 4 is 17.6 Å². The molecule has 2 aromatic rings. The molecule has 104 valence electrons. The fraction of sp³-hybridized carbons (Fsp3) is 0.188. The molecule has 0 aliphatic heterocycles. The highest BCUT2D eigenvalue weighted by molar-refractivity contribution is 6.32. The van der Waals surface area contributed by atoms with Gasteiger partial charge in [0.1, 0.15) is 11.8 Å². The number of esters is 1. The molecule has 5 heteroatoms. The highest BCUT2D eigenvalue weighted by Crippen LogP contribution is 2.32. The van der Waals surface area contributed by atoms with E-state index in [0.717, 1.165) is 24.0 Å². The minimum Gasteiger partial charge on any atom is -0.425 e. The molecule has 0 bridgehead atoms. The van der Waals surface area contributed by atoms with Gasteiger partial charge in [0.15, 0.2) is 0 Å². The normalized spacial score (nSPS) is 13.5. The summed E-state index contributed by atoms with van der Waals surface area (Å²) in [7, 11) is 0. The summed E-state index contributed by atoms with van der Waals surface area (Å²) in [4.78, 5) is 15.7. The largest absolute Gasteiger partial charge is 0.425 e. The van der Waals surface area contributed by atoms with Gasteiger partial charge in [-0.25, -0.2) is 0 Å². The predicted octanol–water partition coefficient (Wildman–Crippen LogP) is 3.59. The van der Waals surface area contributed by atoms with Gasteiger partial charge in [-0.3, -0.25) is 9.78 Å². The van der Waals surface area contributed by atoms with Crippen LogP contribution in [0, 0.1) is 17.2 Å². The lowest BCUT2D eigenvalue weighted by molar-refractivity contribution is -0.135. The van der Waals surface area contributed by atoms with Crippen molar-refractivity contribution in [2.24, 2.45) is 5.92 Å². The van der Waals surface area contributed by atoms with E-state index in [1.807, 2.05) is 6.07 Å². The maximum atomic E-state index is 11.7. The van der Waals surface area contributed by atoms with Crippen LogP contribution in [-0.2, 0) is 4.79 Å². The van der Waals surface area contributed by atoms with Gasteiger partial charge < -0.3 is 4.74 Å². The molecule has 21 heavy (non-hydrogen) atoms. The van der Waals surface area contributed by atoms with Gasteiger partial charge in [0.25, 0.3) is 0 Å². The molecule has 1 heterocycles. The lowest BCUT2D eigenvalue weighted by atomic mass is 10.1. The van der Waals surface area contributed by atoms with Crippen molar-refractivity contribution in [1.29, 1.82) is 5.26 Å². The van der Waals surface area contributed by atoms with Crippen LogP contribution in [0.2, 0.25) is 5.02 Å². The van der Waals surface area contributed by atoms with E-state index < -0.39 is 0 Å². The summed E-state index contributed by atoms with van der Waals surface area (Å²) in [6, 6.07) is 8.89. The Labute approximate surface area is 126 Å². The van der Waals surface area contributed by atoms with Crippen LogP contribution in [0.4, 0.5) is 0 Å². The average molecular weight is 299 g/mol. The maximum absolute atomic E-state index is 11.7. The zero-order chi connectivity index (χ0) is 14.8. The molecule has 4 nitrogen and oxygen atoms in total. The lowest BCUT2D eigenvalue weighted by Crippen LogP contribution is -2.09. The fourth-order valence-electron chi connectivity index (χ4n) is 1.94. The standard InChI is InChI=1S/C16H11ClN2O2/c17-15-6-11(3-4-12(15)7-18)13-5-14(9-19-8-13)21-16(20)10-1-2-10/h3-6,8-10H,1-2H2.